The second kappa shape index (κ2) is 6.00. The molecule has 2 heterocycles. The summed E-state index contributed by atoms with van der Waals surface area (Å²) in [5, 5.41) is 15.9. The van der Waals surface area contributed by atoms with Crippen LogP contribution in [0.1, 0.15) is 24.3 Å². The lowest BCUT2D eigenvalue weighted by molar-refractivity contribution is -0.141. The van der Waals surface area contributed by atoms with Gasteiger partial charge in [0.15, 0.2) is 5.69 Å². The minimum atomic E-state index is -1.16. The maximum Gasteiger partial charge on any atom is 0.358 e. The predicted octanol–water partition coefficient (Wildman–Crippen LogP) is -0.140. The van der Waals surface area contributed by atoms with E-state index < -0.39 is 5.97 Å². The molecule has 0 aliphatic carbocycles. The number of carbonyl (C=O) groups is 2. The SMILES string of the molecule is CC(C)C1CN(C(=O)Cn2cc(C(=O)O)nn2)CCO1. The minimum absolute atomic E-state index is 0.00883. The molecule has 2 rings (SSSR count). The van der Waals surface area contributed by atoms with Gasteiger partial charge in [-0.3, -0.25) is 4.79 Å². The summed E-state index contributed by atoms with van der Waals surface area (Å²) in [4.78, 5) is 24.6. The van der Waals surface area contributed by atoms with Crippen LogP contribution in [-0.2, 0) is 16.1 Å². The highest BCUT2D eigenvalue weighted by Gasteiger charge is 2.26. The first kappa shape index (κ1) is 14.4. The van der Waals surface area contributed by atoms with Crippen molar-refractivity contribution in [3.05, 3.63) is 11.9 Å². The van der Waals surface area contributed by atoms with Gasteiger partial charge in [-0.2, -0.15) is 0 Å². The van der Waals surface area contributed by atoms with E-state index in [9.17, 15) is 9.59 Å². The number of carboxylic acids is 1. The lowest BCUT2D eigenvalue weighted by Crippen LogP contribution is -2.48. The Labute approximate surface area is 116 Å². The molecule has 1 N–H and O–H groups in total. The molecule has 1 fully saturated rings. The molecule has 1 amide bonds. The van der Waals surface area contributed by atoms with E-state index in [0.717, 1.165) is 0 Å². The van der Waals surface area contributed by atoms with Crippen molar-refractivity contribution in [3.63, 3.8) is 0 Å². The van der Waals surface area contributed by atoms with Crippen molar-refractivity contribution in [2.24, 2.45) is 5.92 Å². The van der Waals surface area contributed by atoms with Crippen LogP contribution < -0.4 is 0 Å². The molecule has 1 aromatic rings. The largest absolute Gasteiger partial charge is 0.476 e. The van der Waals surface area contributed by atoms with Crippen LogP contribution in [0.2, 0.25) is 0 Å². The van der Waals surface area contributed by atoms with Crippen molar-refractivity contribution in [3.8, 4) is 0 Å². The number of nitrogens with zero attached hydrogens (tertiary/aromatic N) is 4. The van der Waals surface area contributed by atoms with Crippen molar-refractivity contribution in [2.45, 2.75) is 26.5 Å². The zero-order valence-electron chi connectivity index (χ0n) is 11.5. The van der Waals surface area contributed by atoms with Crippen molar-refractivity contribution < 1.29 is 19.4 Å². The van der Waals surface area contributed by atoms with Crippen molar-refractivity contribution in [1.29, 1.82) is 0 Å². The number of aromatic nitrogens is 3. The molecule has 1 unspecified atom stereocenters. The highest BCUT2D eigenvalue weighted by Crippen LogP contribution is 2.13. The normalized spacial score (nSPS) is 19.4. The maximum atomic E-state index is 12.1. The molecule has 110 valence electrons. The quantitative estimate of drug-likeness (QED) is 0.825. The molecule has 0 saturated carbocycles. The summed E-state index contributed by atoms with van der Waals surface area (Å²) in [7, 11) is 0. The third-order valence-electron chi connectivity index (χ3n) is 3.24. The number of rotatable bonds is 4. The Bertz CT molecular complexity index is 499. The first-order chi connectivity index (χ1) is 9.47. The Kier molecular flexibility index (Phi) is 4.33. The van der Waals surface area contributed by atoms with Gasteiger partial charge in [-0.1, -0.05) is 19.1 Å². The fourth-order valence-corrected chi connectivity index (χ4v) is 2.02. The summed E-state index contributed by atoms with van der Waals surface area (Å²) >= 11 is 0. The van der Waals surface area contributed by atoms with Crippen LogP contribution in [0.3, 0.4) is 0 Å². The molecule has 1 aliphatic rings. The number of hydrogen-bond donors (Lipinski definition) is 1. The van der Waals surface area contributed by atoms with Crippen molar-refractivity contribution >= 4 is 11.9 Å². The summed E-state index contributed by atoms with van der Waals surface area (Å²) < 4.78 is 6.84. The standard InChI is InChI=1S/C12H18N4O4/c1-8(2)10-6-15(3-4-20-10)11(17)7-16-5-9(12(18)19)13-14-16/h5,8,10H,3-4,6-7H2,1-2H3,(H,18,19). The van der Waals surface area contributed by atoms with E-state index >= 15 is 0 Å². The van der Waals surface area contributed by atoms with Crippen LogP contribution >= 0.6 is 0 Å². The van der Waals surface area contributed by atoms with Gasteiger partial charge < -0.3 is 14.7 Å². The molecule has 0 radical (unpaired) electrons. The zero-order chi connectivity index (χ0) is 14.7. The van der Waals surface area contributed by atoms with E-state index in [1.54, 1.807) is 4.90 Å². The molecule has 8 heteroatoms. The lowest BCUT2D eigenvalue weighted by Gasteiger charge is -2.34. The number of ether oxygens (including phenoxy) is 1. The van der Waals surface area contributed by atoms with E-state index in [-0.39, 0.29) is 24.2 Å². The van der Waals surface area contributed by atoms with E-state index in [1.165, 1.54) is 10.9 Å². The predicted molar refractivity (Wildman–Crippen MR) is 68.1 cm³/mol. The van der Waals surface area contributed by atoms with Gasteiger partial charge in [0, 0.05) is 13.1 Å². The summed E-state index contributed by atoms with van der Waals surface area (Å²) in [5.41, 5.74) is -0.167. The van der Waals surface area contributed by atoms with Crippen LogP contribution in [0.4, 0.5) is 0 Å². The second-order valence-electron chi connectivity index (χ2n) is 5.10. The fraction of sp³-hybridized carbons (Fsp3) is 0.667. The van der Waals surface area contributed by atoms with Gasteiger partial charge >= 0.3 is 5.97 Å². The second-order valence-corrected chi connectivity index (χ2v) is 5.10. The highest BCUT2D eigenvalue weighted by atomic mass is 16.5. The van der Waals surface area contributed by atoms with Gasteiger partial charge in [-0.05, 0) is 5.92 Å². The van der Waals surface area contributed by atoms with E-state index in [0.29, 0.717) is 25.6 Å². The maximum absolute atomic E-state index is 12.1. The number of amides is 1. The summed E-state index contributed by atoms with van der Waals surface area (Å²) in [6.45, 7) is 5.71. The van der Waals surface area contributed by atoms with Crippen molar-refractivity contribution in [2.75, 3.05) is 19.7 Å². The summed E-state index contributed by atoms with van der Waals surface area (Å²) in [6.07, 6.45) is 1.29. The number of morpholine rings is 1. The van der Waals surface area contributed by atoms with Crippen LogP contribution in [0.25, 0.3) is 0 Å². The molecule has 0 bridgehead atoms. The molecular formula is C12H18N4O4. The van der Waals surface area contributed by atoms with Gasteiger partial charge in [0.2, 0.25) is 5.91 Å². The van der Waals surface area contributed by atoms with E-state index in [2.05, 4.69) is 24.2 Å². The zero-order valence-corrected chi connectivity index (χ0v) is 11.5. The third-order valence-corrected chi connectivity index (χ3v) is 3.24. The van der Waals surface area contributed by atoms with Crippen LogP contribution in [0, 0.1) is 5.92 Å². The third kappa shape index (κ3) is 3.32. The fourth-order valence-electron chi connectivity index (χ4n) is 2.02. The molecule has 1 saturated heterocycles. The van der Waals surface area contributed by atoms with Gasteiger partial charge in [0.05, 0.1) is 18.9 Å². The lowest BCUT2D eigenvalue weighted by atomic mass is 10.1. The number of hydrogen-bond acceptors (Lipinski definition) is 5. The monoisotopic (exact) mass is 282 g/mol. The molecule has 20 heavy (non-hydrogen) atoms. The van der Waals surface area contributed by atoms with Crippen LogP contribution in [0.5, 0.6) is 0 Å². The van der Waals surface area contributed by atoms with Gasteiger partial charge in [0.25, 0.3) is 0 Å². The molecule has 8 nitrogen and oxygen atoms in total. The van der Waals surface area contributed by atoms with Crippen LogP contribution in [0.15, 0.2) is 6.20 Å². The van der Waals surface area contributed by atoms with E-state index in [4.69, 9.17) is 9.84 Å². The molecule has 0 aromatic carbocycles. The first-order valence-electron chi connectivity index (χ1n) is 6.50. The Morgan fingerprint density at radius 3 is 2.90 bits per heavy atom. The van der Waals surface area contributed by atoms with Crippen molar-refractivity contribution in [1.82, 2.24) is 19.9 Å². The minimum Gasteiger partial charge on any atom is -0.476 e. The van der Waals surface area contributed by atoms with E-state index in [1.807, 2.05) is 0 Å². The summed E-state index contributed by atoms with van der Waals surface area (Å²) in [6, 6.07) is 0. The number of carboxylic acid groups (broad SMARTS) is 1. The smallest absolute Gasteiger partial charge is 0.358 e. The molecule has 1 aromatic heterocycles. The number of carbonyl (C=O) groups excluding carboxylic acids is 1. The van der Waals surface area contributed by atoms with Gasteiger partial charge in [-0.25, -0.2) is 9.48 Å². The highest BCUT2D eigenvalue weighted by molar-refractivity contribution is 5.84. The topological polar surface area (TPSA) is 97.6 Å². The Hall–Kier alpha value is -1.96. The van der Waals surface area contributed by atoms with Gasteiger partial charge in [0.1, 0.15) is 6.54 Å². The Morgan fingerprint density at radius 1 is 1.55 bits per heavy atom. The van der Waals surface area contributed by atoms with Gasteiger partial charge in [-0.15, -0.1) is 5.10 Å². The Balaban J connectivity index is 1.95. The molecule has 1 aliphatic heterocycles. The molecule has 0 spiro atoms. The summed E-state index contributed by atoms with van der Waals surface area (Å²) in [5.74, 6) is -0.925. The Morgan fingerprint density at radius 2 is 2.30 bits per heavy atom. The average molecular weight is 282 g/mol. The molecule has 1 atom stereocenters. The molecular weight excluding hydrogens is 264 g/mol. The number of aromatic carboxylic acids is 1. The van der Waals surface area contributed by atoms with Crippen LogP contribution in [-0.4, -0.2) is 62.7 Å². The first-order valence-corrected chi connectivity index (χ1v) is 6.50. The average Bonchev–Trinajstić information content (AvgIpc) is 2.87.